The number of hydrazone groups is 1. The van der Waals surface area contributed by atoms with Gasteiger partial charge in [0.2, 0.25) is 5.91 Å². The number of hydrogen-bond donors (Lipinski definition) is 0. The van der Waals surface area contributed by atoms with Crippen LogP contribution >= 0.6 is 0 Å². The minimum absolute atomic E-state index is 0.0205. The fourth-order valence-electron chi connectivity index (χ4n) is 5.86. The number of carbonyl (C=O) groups is 1. The van der Waals surface area contributed by atoms with Crippen molar-refractivity contribution < 1.29 is 13.6 Å². The fourth-order valence-corrected chi connectivity index (χ4v) is 5.86. The number of nitrogens with zero attached hydrogens (tertiary/aromatic N) is 5. The van der Waals surface area contributed by atoms with E-state index < -0.39 is 23.1 Å². The van der Waals surface area contributed by atoms with Crippen molar-refractivity contribution in [1.82, 2.24) is 14.8 Å². The summed E-state index contributed by atoms with van der Waals surface area (Å²) < 4.78 is 29.4. The van der Waals surface area contributed by atoms with Gasteiger partial charge >= 0.3 is 0 Å². The molecule has 2 bridgehead atoms. The number of amides is 1. The molecule has 160 valence electrons. The molecule has 1 aliphatic heterocycles. The van der Waals surface area contributed by atoms with Crippen LogP contribution in [0.4, 0.5) is 14.5 Å². The summed E-state index contributed by atoms with van der Waals surface area (Å²) >= 11 is 0. The lowest BCUT2D eigenvalue weighted by Gasteiger charge is -2.69. The summed E-state index contributed by atoms with van der Waals surface area (Å²) in [6, 6.07) is 8.44. The molecule has 6 nitrogen and oxygen atoms in total. The summed E-state index contributed by atoms with van der Waals surface area (Å²) in [4.78, 5) is 16.9. The third kappa shape index (κ3) is 2.70. The Labute approximate surface area is 182 Å². The van der Waals surface area contributed by atoms with Crippen LogP contribution < -0.4 is 0 Å². The van der Waals surface area contributed by atoms with E-state index in [0.29, 0.717) is 24.2 Å². The Kier molecular flexibility index (Phi) is 3.85. The lowest BCUT2D eigenvalue weighted by molar-refractivity contribution is -0.223. The van der Waals surface area contributed by atoms with Crippen molar-refractivity contribution >= 4 is 28.7 Å². The molecule has 3 saturated carbocycles. The second kappa shape index (κ2) is 6.45. The minimum atomic E-state index is -0.656. The van der Waals surface area contributed by atoms with Gasteiger partial charge in [0.05, 0.1) is 29.7 Å². The lowest BCUT2D eigenvalue weighted by atomic mass is 9.34. The van der Waals surface area contributed by atoms with Crippen molar-refractivity contribution in [2.45, 2.75) is 38.3 Å². The molecule has 0 saturated heterocycles. The van der Waals surface area contributed by atoms with Gasteiger partial charge in [-0.2, -0.15) is 10.2 Å². The largest absolute Gasteiger partial charge is 0.272 e. The van der Waals surface area contributed by atoms with Gasteiger partial charge < -0.3 is 0 Å². The first-order valence-corrected chi connectivity index (χ1v) is 10.6. The molecule has 0 radical (unpaired) electrons. The number of fused-ring (bicyclic) bond motifs is 1. The minimum Gasteiger partial charge on any atom is -0.272 e. The third-order valence-electron chi connectivity index (χ3n) is 7.14. The Morgan fingerprint density at radius 1 is 1.16 bits per heavy atom. The van der Waals surface area contributed by atoms with Gasteiger partial charge in [-0.3, -0.25) is 9.48 Å². The predicted octanol–water partition coefficient (Wildman–Crippen LogP) is 4.99. The highest BCUT2D eigenvalue weighted by molar-refractivity contribution is 5.88. The summed E-state index contributed by atoms with van der Waals surface area (Å²) in [6.45, 7) is 7.94. The number of halogens is 2. The summed E-state index contributed by atoms with van der Waals surface area (Å²) in [5, 5.41) is 11.2. The van der Waals surface area contributed by atoms with E-state index in [1.807, 2.05) is 16.8 Å². The first-order valence-electron chi connectivity index (χ1n) is 10.6. The Morgan fingerprint density at radius 2 is 1.91 bits per heavy atom. The topological polar surface area (TPSA) is 54.9 Å². The van der Waals surface area contributed by atoms with E-state index in [4.69, 9.17) is 6.57 Å². The summed E-state index contributed by atoms with van der Waals surface area (Å²) in [6.07, 6.45) is 6.13. The van der Waals surface area contributed by atoms with Crippen molar-refractivity contribution in [2.75, 3.05) is 0 Å². The maximum atomic E-state index is 13.7. The van der Waals surface area contributed by atoms with Gasteiger partial charge in [0.1, 0.15) is 11.6 Å². The van der Waals surface area contributed by atoms with Crippen molar-refractivity contribution in [3.63, 3.8) is 0 Å². The van der Waals surface area contributed by atoms with Crippen LogP contribution in [0.15, 0.2) is 47.7 Å². The molecule has 1 unspecified atom stereocenters. The molecule has 2 heterocycles. The molecule has 1 atom stereocenters. The summed E-state index contributed by atoms with van der Waals surface area (Å²) in [5.41, 5.74) is 1.51. The van der Waals surface area contributed by atoms with Gasteiger partial charge in [-0.1, -0.05) is 12.1 Å². The van der Waals surface area contributed by atoms with Gasteiger partial charge in [0.15, 0.2) is 5.69 Å². The highest BCUT2D eigenvalue weighted by atomic mass is 19.1. The van der Waals surface area contributed by atoms with Gasteiger partial charge in [-0.05, 0) is 48.4 Å². The second-order valence-electron chi connectivity index (χ2n) is 9.37. The zero-order chi connectivity index (χ0) is 22.1. The monoisotopic (exact) mass is 431 g/mol. The number of hydrogen-bond acceptors (Lipinski definition) is 3. The highest BCUT2D eigenvalue weighted by Gasteiger charge is 2.72. The Balaban J connectivity index is 1.18. The summed E-state index contributed by atoms with van der Waals surface area (Å²) in [5.74, 6) is -1.38. The highest BCUT2D eigenvalue weighted by Crippen LogP contribution is 2.74. The first kappa shape index (κ1) is 19.1. The van der Waals surface area contributed by atoms with Crippen LogP contribution in [-0.2, 0) is 11.3 Å². The van der Waals surface area contributed by atoms with Crippen LogP contribution in [0.25, 0.3) is 15.7 Å². The van der Waals surface area contributed by atoms with E-state index in [1.54, 1.807) is 18.5 Å². The lowest BCUT2D eigenvalue weighted by Crippen LogP contribution is -2.68. The van der Waals surface area contributed by atoms with E-state index in [0.717, 1.165) is 36.2 Å². The standard InChI is InChI=1S/C24H19F2N5O/c1-27-19-3-2-15-10-29-30(21(15)9-19)14-23-11-24(12-23,13-23)22(32)31-20(4-5-28-31)16-6-17(25)8-18(26)7-16/h2-3,5-10,20H,4,11-14H2. The molecule has 3 fully saturated rings. The van der Waals surface area contributed by atoms with Crippen molar-refractivity contribution in [1.29, 1.82) is 0 Å². The number of aromatic nitrogens is 2. The first-order chi connectivity index (χ1) is 15.4. The van der Waals surface area contributed by atoms with Crippen molar-refractivity contribution in [3.8, 4) is 0 Å². The van der Waals surface area contributed by atoms with Crippen LogP contribution in [0.5, 0.6) is 0 Å². The molecule has 2 aromatic carbocycles. The Hall–Kier alpha value is -3.60. The molecule has 1 amide bonds. The smallest absolute Gasteiger partial charge is 0.249 e. The van der Waals surface area contributed by atoms with E-state index in [2.05, 4.69) is 15.0 Å². The van der Waals surface area contributed by atoms with E-state index in [9.17, 15) is 13.6 Å². The Bertz CT molecular complexity index is 1310. The predicted molar refractivity (Wildman–Crippen MR) is 114 cm³/mol. The van der Waals surface area contributed by atoms with Gasteiger partial charge in [-0.15, -0.1) is 0 Å². The zero-order valence-corrected chi connectivity index (χ0v) is 17.1. The molecule has 8 heteroatoms. The third-order valence-corrected chi connectivity index (χ3v) is 7.14. The van der Waals surface area contributed by atoms with Crippen molar-refractivity contribution in [3.05, 3.63) is 71.2 Å². The van der Waals surface area contributed by atoms with Gasteiger partial charge in [0.25, 0.3) is 0 Å². The zero-order valence-electron chi connectivity index (χ0n) is 17.1. The molecule has 0 N–H and O–H groups in total. The SMILES string of the molecule is [C-]#[N+]c1ccc2cnn(CC34CC(C(=O)N5N=CCC5c5cc(F)cc(F)c5)(C3)C4)c2c1. The second-order valence-corrected chi connectivity index (χ2v) is 9.37. The van der Waals surface area contributed by atoms with Gasteiger partial charge in [0, 0.05) is 30.6 Å². The van der Waals surface area contributed by atoms with E-state index in [-0.39, 0.29) is 11.3 Å². The van der Waals surface area contributed by atoms with E-state index >= 15 is 0 Å². The molecule has 3 aromatic rings. The van der Waals surface area contributed by atoms with Crippen LogP contribution in [0, 0.1) is 29.0 Å². The molecule has 3 aliphatic carbocycles. The summed E-state index contributed by atoms with van der Waals surface area (Å²) in [7, 11) is 0. The average Bonchev–Trinajstić information content (AvgIpc) is 3.35. The quantitative estimate of drug-likeness (QED) is 0.546. The van der Waals surface area contributed by atoms with E-state index in [1.165, 1.54) is 17.1 Å². The van der Waals surface area contributed by atoms with Gasteiger partial charge in [-0.25, -0.2) is 18.6 Å². The molecular formula is C24H19F2N5O. The maximum Gasteiger partial charge on any atom is 0.249 e. The molecule has 7 rings (SSSR count). The number of carbonyl (C=O) groups excluding carboxylic acids is 1. The molecule has 0 spiro atoms. The molecule has 4 aliphatic rings. The van der Waals surface area contributed by atoms with Crippen LogP contribution in [0.2, 0.25) is 0 Å². The fraction of sp³-hybridized carbons (Fsp3) is 0.333. The van der Waals surface area contributed by atoms with Crippen LogP contribution in [-0.4, -0.2) is 26.9 Å². The Morgan fingerprint density at radius 3 is 2.62 bits per heavy atom. The normalized spacial score (nSPS) is 27.8. The molecule has 32 heavy (non-hydrogen) atoms. The molecule has 1 aromatic heterocycles. The number of benzene rings is 2. The van der Waals surface area contributed by atoms with Crippen LogP contribution in [0.1, 0.15) is 37.3 Å². The average molecular weight is 431 g/mol. The van der Waals surface area contributed by atoms with Crippen molar-refractivity contribution in [2.24, 2.45) is 15.9 Å². The number of rotatable bonds is 4. The van der Waals surface area contributed by atoms with Crippen LogP contribution in [0.3, 0.4) is 0 Å². The molecular weight excluding hydrogens is 412 g/mol. The maximum absolute atomic E-state index is 13.7.